The van der Waals surface area contributed by atoms with Crippen LogP contribution in [-0.2, 0) is 0 Å². The van der Waals surface area contributed by atoms with Gasteiger partial charge >= 0.3 is 0 Å². The molecule has 0 saturated heterocycles. The van der Waals surface area contributed by atoms with Gasteiger partial charge in [-0.25, -0.2) is 4.39 Å². The average Bonchev–Trinajstić information content (AvgIpc) is 2.39. The number of nitriles is 1. The second-order valence-corrected chi connectivity index (χ2v) is 3.54. The van der Waals surface area contributed by atoms with Crippen molar-refractivity contribution in [2.24, 2.45) is 0 Å². The van der Waals surface area contributed by atoms with Gasteiger partial charge in [-0.3, -0.25) is 0 Å². The first kappa shape index (κ1) is 11.2. The summed E-state index contributed by atoms with van der Waals surface area (Å²) in [6.07, 6.45) is 0. The normalized spacial score (nSPS) is 9.71. The highest BCUT2D eigenvalue weighted by atomic mass is 19.1. The van der Waals surface area contributed by atoms with Crippen molar-refractivity contribution in [1.29, 1.82) is 5.26 Å². The van der Waals surface area contributed by atoms with Crippen molar-refractivity contribution in [2.75, 3.05) is 7.11 Å². The largest absolute Gasteiger partial charge is 0.494 e. The molecule has 2 aromatic rings. The lowest BCUT2D eigenvalue weighted by molar-refractivity contribution is 0.386. The molecule has 0 atom stereocenters. The molecule has 0 aromatic heterocycles. The van der Waals surface area contributed by atoms with Crippen LogP contribution in [0.1, 0.15) is 5.56 Å². The van der Waals surface area contributed by atoms with Crippen LogP contribution in [0.4, 0.5) is 4.39 Å². The van der Waals surface area contributed by atoms with Gasteiger partial charge in [-0.1, -0.05) is 18.2 Å². The average molecular weight is 227 g/mol. The van der Waals surface area contributed by atoms with Crippen molar-refractivity contribution in [3.63, 3.8) is 0 Å². The van der Waals surface area contributed by atoms with Crippen molar-refractivity contribution >= 4 is 0 Å². The molecular formula is C14H10FNO. The van der Waals surface area contributed by atoms with E-state index in [1.165, 1.54) is 13.2 Å². The van der Waals surface area contributed by atoms with E-state index >= 15 is 0 Å². The molecule has 0 bridgehead atoms. The highest BCUT2D eigenvalue weighted by Gasteiger charge is 2.05. The van der Waals surface area contributed by atoms with Crippen LogP contribution < -0.4 is 4.74 Å². The van der Waals surface area contributed by atoms with Crippen molar-refractivity contribution in [1.82, 2.24) is 0 Å². The van der Waals surface area contributed by atoms with Gasteiger partial charge in [0.1, 0.15) is 0 Å². The summed E-state index contributed by atoms with van der Waals surface area (Å²) in [7, 11) is 1.43. The molecule has 0 radical (unpaired) electrons. The summed E-state index contributed by atoms with van der Waals surface area (Å²) in [6, 6.07) is 13.8. The summed E-state index contributed by atoms with van der Waals surface area (Å²) in [5, 5.41) is 8.68. The molecule has 2 rings (SSSR count). The number of ether oxygens (including phenoxy) is 1. The van der Waals surface area contributed by atoms with Crippen LogP contribution in [0, 0.1) is 17.1 Å². The summed E-state index contributed by atoms with van der Waals surface area (Å²) in [6.45, 7) is 0. The van der Waals surface area contributed by atoms with Crippen molar-refractivity contribution in [3.8, 4) is 22.9 Å². The Labute approximate surface area is 98.9 Å². The minimum Gasteiger partial charge on any atom is -0.494 e. The smallest absolute Gasteiger partial charge is 0.165 e. The van der Waals surface area contributed by atoms with Gasteiger partial charge in [0, 0.05) is 0 Å². The third-order valence-electron chi connectivity index (χ3n) is 2.50. The first-order valence-corrected chi connectivity index (χ1v) is 5.08. The molecule has 0 spiro atoms. The first-order chi connectivity index (χ1) is 8.24. The molecule has 3 heteroatoms. The van der Waals surface area contributed by atoms with Gasteiger partial charge in [-0.05, 0) is 35.4 Å². The number of benzene rings is 2. The van der Waals surface area contributed by atoms with Gasteiger partial charge in [-0.2, -0.15) is 5.26 Å². The summed E-state index contributed by atoms with van der Waals surface area (Å²) in [5.74, 6) is -0.170. The molecule has 2 nitrogen and oxygen atoms in total. The maximum absolute atomic E-state index is 13.5. The van der Waals surface area contributed by atoms with Gasteiger partial charge in [-0.15, -0.1) is 0 Å². The van der Waals surface area contributed by atoms with Crippen LogP contribution in [-0.4, -0.2) is 7.11 Å². The second-order valence-electron chi connectivity index (χ2n) is 3.54. The quantitative estimate of drug-likeness (QED) is 0.788. The number of rotatable bonds is 2. The molecule has 84 valence electrons. The highest BCUT2D eigenvalue weighted by Crippen LogP contribution is 2.25. The summed E-state index contributed by atoms with van der Waals surface area (Å²) in [5.41, 5.74) is 2.21. The predicted octanol–water partition coefficient (Wildman–Crippen LogP) is 3.37. The van der Waals surface area contributed by atoms with E-state index in [-0.39, 0.29) is 5.75 Å². The van der Waals surface area contributed by atoms with E-state index < -0.39 is 5.82 Å². The van der Waals surface area contributed by atoms with Gasteiger partial charge in [0.25, 0.3) is 0 Å². The monoisotopic (exact) mass is 227 g/mol. The van der Waals surface area contributed by atoms with Crippen LogP contribution in [0.3, 0.4) is 0 Å². The molecule has 0 N–H and O–H groups in total. The van der Waals surface area contributed by atoms with E-state index in [1.807, 2.05) is 6.07 Å². The summed E-state index contributed by atoms with van der Waals surface area (Å²) >= 11 is 0. The molecule has 0 unspecified atom stereocenters. The van der Waals surface area contributed by atoms with Crippen LogP contribution in [0.5, 0.6) is 5.75 Å². The highest BCUT2D eigenvalue weighted by molar-refractivity contribution is 5.65. The third-order valence-corrected chi connectivity index (χ3v) is 2.50. The fourth-order valence-corrected chi connectivity index (χ4v) is 1.58. The molecule has 0 fully saturated rings. The maximum Gasteiger partial charge on any atom is 0.165 e. The molecule has 17 heavy (non-hydrogen) atoms. The minimum absolute atomic E-state index is 0.224. The standard InChI is InChI=1S/C14H10FNO/c1-17-14-7-6-12(8-13(14)15)11-4-2-10(9-16)3-5-11/h2-8H,1H3. The first-order valence-electron chi connectivity index (χ1n) is 5.08. The Hall–Kier alpha value is -2.34. The lowest BCUT2D eigenvalue weighted by atomic mass is 10.0. The number of hydrogen-bond acceptors (Lipinski definition) is 2. The minimum atomic E-state index is -0.394. The van der Waals surface area contributed by atoms with Crippen LogP contribution in [0.25, 0.3) is 11.1 Å². The van der Waals surface area contributed by atoms with Crippen LogP contribution in [0.15, 0.2) is 42.5 Å². The zero-order valence-electron chi connectivity index (χ0n) is 9.27. The number of methoxy groups -OCH3 is 1. The topological polar surface area (TPSA) is 33.0 Å². The van der Waals surface area contributed by atoms with E-state index in [4.69, 9.17) is 10.00 Å². The van der Waals surface area contributed by atoms with Crippen LogP contribution >= 0.6 is 0 Å². The lowest BCUT2D eigenvalue weighted by Crippen LogP contribution is -1.88. The Balaban J connectivity index is 2.40. The molecule has 0 amide bonds. The number of nitrogens with zero attached hydrogens (tertiary/aromatic N) is 1. The fourth-order valence-electron chi connectivity index (χ4n) is 1.58. The molecular weight excluding hydrogens is 217 g/mol. The van der Waals surface area contributed by atoms with Crippen LogP contribution in [0.2, 0.25) is 0 Å². The third kappa shape index (κ3) is 2.26. The second kappa shape index (κ2) is 4.67. The molecule has 0 aliphatic carbocycles. The van der Waals surface area contributed by atoms with Gasteiger partial charge in [0.2, 0.25) is 0 Å². The lowest BCUT2D eigenvalue weighted by Gasteiger charge is -2.05. The molecule has 2 aromatic carbocycles. The number of halogens is 1. The van der Waals surface area contributed by atoms with Gasteiger partial charge in [0.05, 0.1) is 18.7 Å². The van der Waals surface area contributed by atoms with E-state index in [2.05, 4.69) is 0 Å². The van der Waals surface area contributed by atoms with E-state index in [0.29, 0.717) is 5.56 Å². The zero-order valence-corrected chi connectivity index (χ0v) is 9.27. The molecule has 0 aliphatic rings. The molecule has 0 saturated carbocycles. The Kier molecular flexibility index (Phi) is 3.06. The molecule has 0 heterocycles. The Morgan fingerprint density at radius 1 is 1.06 bits per heavy atom. The number of hydrogen-bond donors (Lipinski definition) is 0. The Morgan fingerprint density at radius 3 is 2.24 bits per heavy atom. The van der Waals surface area contributed by atoms with Crippen molar-refractivity contribution in [2.45, 2.75) is 0 Å². The predicted molar refractivity (Wildman–Crippen MR) is 63.1 cm³/mol. The Bertz CT molecular complexity index is 570. The van der Waals surface area contributed by atoms with E-state index in [9.17, 15) is 4.39 Å². The van der Waals surface area contributed by atoms with E-state index in [0.717, 1.165) is 11.1 Å². The summed E-state index contributed by atoms with van der Waals surface area (Å²) in [4.78, 5) is 0. The zero-order chi connectivity index (χ0) is 12.3. The summed E-state index contributed by atoms with van der Waals surface area (Å²) < 4.78 is 18.4. The van der Waals surface area contributed by atoms with E-state index in [1.54, 1.807) is 36.4 Å². The SMILES string of the molecule is COc1ccc(-c2ccc(C#N)cc2)cc1F. The van der Waals surface area contributed by atoms with Crippen molar-refractivity contribution < 1.29 is 9.13 Å². The van der Waals surface area contributed by atoms with Gasteiger partial charge < -0.3 is 4.74 Å². The van der Waals surface area contributed by atoms with Gasteiger partial charge in [0.15, 0.2) is 11.6 Å². The van der Waals surface area contributed by atoms with Crippen molar-refractivity contribution in [3.05, 3.63) is 53.8 Å². The maximum atomic E-state index is 13.5. The Morgan fingerprint density at radius 2 is 1.71 bits per heavy atom. The fraction of sp³-hybridized carbons (Fsp3) is 0.0714. The molecule has 0 aliphatic heterocycles.